The van der Waals surface area contributed by atoms with Crippen LogP contribution in [0.1, 0.15) is 43.5 Å². The molecule has 0 bridgehead atoms. The first-order valence-electron chi connectivity index (χ1n) is 8.52. The van der Waals surface area contributed by atoms with Gasteiger partial charge in [-0.05, 0) is 37.8 Å². The molecular formula is C17H19F2N5O. The van der Waals surface area contributed by atoms with Crippen LogP contribution in [0.2, 0.25) is 0 Å². The average molecular weight is 347 g/mol. The number of anilines is 1. The number of carbonyl (C=O) groups is 1. The second-order valence-corrected chi connectivity index (χ2v) is 6.64. The van der Waals surface area contributed by atoms with Gasteiger partial charge in [0.25, 0.3) is 0 Å². The largest absolute Gasteiger partial charge is 0.324 e. The molecule has 2 fully saturated rings. The van der Waals surface area contributed by atoms with E-state index in [0.717, 1.165) is 30.8 Å². The highest BCUT2D eigenvalue weighted by Gasteiger charge is 2.32. The van der Waals surface area contributed by atoms with Gasteiger partial charge in [-0.1, -0.05) is 0 Å². The molecule has 1 aliphatic heterocycles. The van der Waals surface area contributed by atoms with Crippen LogP contribution >= 0.6 is 0 Å². The third-order valence-corrected chi connectivity index (χ3v) is 4.86. The van der Waals surface area contributed by atoms with E-state index < -0.39 is 11.6 Å². The molecule has 1 saturated heterocycles. The molecule has 8 heteroatoms. The van der Waals surface area contributed by atoms with Crippen molar-refractivity contribution >= 4 is 11.7 Å². The Balaban J connectivity index is 1.36. The van der Waals surface area contributed by atoms with Gasteiger partial charge in [0.05, 0.1) is 5.69 Å². The summed E-state index contributed by atoms with van der Waals surface area (Å²) in [4.78, 5) is 14.0. The number of halogens is 2. The fourth-order valence-corrected chi connectivity index (χ4v) is 3.30. The fourth-order valence-electron chi connectivity index (χ4n) is 3.30. The molecule has 0 unspecified atom stereocenters. The van der Waals surface area contributed by atoms with Crippen molar-refractivity contribution in [3.05, 3.63) is 42.0 Å². The standard InChI is InChI=1S/C17H19F2N5O/c18-12-1-4-15(14(19)9-12)21-17(25)23-7-5-11(6-8-23)16-22-20-10-24(16)13-2-3-13/h1,4,9-11,13H,2-3,5-8H2,(H,21,25). The first kappa shape index (κ1) is 16.0. The quantitative estimate of drug-likeness (QED) is 0.927. The molecule has 0 atom stereocenters. The van der Waals surface area contributed by atoms with Gasteiger partial charge in [0.2, 0.25) is 0 Å². The van der Waals surface area contributed by atoms with E-state index in [9.17, 15) is 13.6 Å². The number of aromatic nitrogens is 3. The lowest BCUT2D eigenvalue weighted by molar-refractivity contribution is 0.192. The van der Waals surface area contributed by atoms with Crippen molar-refractivity contribution in [3.63, 3.8) is 0 Å². The maximum atomic E-state index is 13.7. The number of benzene rings is 1. The van der Waals surface area contributed by atoms with Crippen molar-refractivity contribution in [3.8, 4) is 0 Å². The summed E-state index contributed by atoms with van der Waals surface area (Å²) in [6.07, 6.45) is 5.74. The number of nitrogens with zero attached hydrogens (tertiary/aromatic N) is 4. The Kier molecular flexibility index (Phi) is 4.10. The number of urea groups is 1. The molecule has 0 spiro atoms. The van der Waals surface area contributed by atoms with Crippen molar-refractivity contribution in [2.75, 3.05) is 18.4 Å². The van der Waals surface area contributed by atoms with Gasteiger partial charge in [0.15, 0.2) is 0 Å². The van der Waals surface area contributed by atoms with Crippen LogP contribution in [0.4, 0.5) is 19.3 Å². The predicted octanol–water partition coefficient (Wildman–Crippen LogP) is 3.30. The minimum Gasteiger partial charge on any atom is -0.324 e. The Morgan fingerprint density at radius 1 is 1.16 bits per heavy atom. The third-order valence-electron chi connectivity index (χ3n) is 4.86. The molecule has 1 saturated carbocycles. The van der Waals surface area contributed by atoms with Crippen molar-refractivity contribution in [1.29, 1.82) is 0 Å². The molecule has 132 valence electrons. The highest BCUT2D eigenvalue weighted by atomic mass is 19.1. The van der Waals surface area contributed by atoms with Gasteiger partial charge in [0.1, 0.15) is 23.8 Å². The molecule has 2 amide bonds. The van der Waals surface area contributed by atoms with Gasteiger partial charge in [-0.15, -0.1) is 10.2 Å². The molecule has 2 aliphatic rings. The minimum absolute atomic E-state index is 0.0120. The summed E-state index contributed by atoms with van der Waals surface area (Å²) < 4.78 is 28.8. The maximum absolute atomic E-state index is 13.7. The smallest absolute Gasteiger partial charge is 0.321 e. The Morgan fingerprint density at radius 3 is 2.60 bits per heavy atom. The molecule has 1 aromatic heterocycles. The van der Waals surface area contributed by atoms with E-state index in [4.69, 9.17) is 0 Å². The van der Waals surface area contributed by atoms with Crippen LogP contribution in [-0.4, -0.2) is 38.8 Å². The molecule has 6 nitrogen and oxygen atoms in total. The summed E-state index contributed by atoms with van der Waals surface area (Å²) in [7, 11) is 0. The van der Waals surface area contributed by atoms with E-state index in [2.05, 4.69) is 20.1 Å². The first-order chi connectivity index (χ1) is 12.1. The van der Waals surface area contributed by atoms with Gasteiger partial charge >= 0.3 is 6.03 Å². The highest BCUT2D eigenvalue weighted by Crippen LogP contribution is 2.38. The van der Waals surface area contributed by atoms with E-state index >= 15 is 0 Å². The zero-order chi connectivity index (χ0) is 17.4. The van der Waals surface area contributed by atoms with Gasteiger partial charge in [-0.3, -0.25) is 0 Å². The number of hydrogen-bond donors (Lipinski definition) is 1. The number of piperidine rings is 1. The SMILES string of the molecule is O=C(Nc1ccc(F)cc1F)N1CCC(c2nncn2C2CC2)CC1. The molecule has 1 N–H and O–H groups in total. The van der Waals surface area contributed by atoms with Gasteiger partial charge in [-0.2, -0.15) is 0 Å². The van der Waals surface area contributed by atoms with Crippen molar-refractivity contribution in [2.45, 2.75) is 37.6 Å². The van der Waals surface area contributed by atoms with Gasteiger partial charge < -0.3 is 14.8 Å². The van der Waals surface area contributed by atoms with Gasteiger partial charge in [0, 0.05) is 31.1 Å². The van der Waals surface area contributed by atoms with Crippen LogP contribution in [-0.2, 0) is 0 Å². The zero-order valence-electron chi connectivity index (χ0n) is 13.7. The van der Waals surface area contributed by atoms with Crippen LogP contribution < -0.4 is 5.32 Å². The highest BCUT2D eigenvalue weighted by molar-refractivity contribution is 5.89. The lowest BCUT2D eigenvalue weighted by atomic mass is 9.96. The molecule has 2 aromatic rings. The minimum atomic E-state index is -0.777. The number of rotatable bonds is 3. The van der Waals surface area contributed by atoms with Crippen LogP contribution in [0, 0.1) is 11.6 Å². The normalized spacial score (nSPS) is 18.4. The van der Waals surface area contributed by atoms with Crippen LogP contribution in [0.3, 0.4) is 0 Å². The monoisotopic (exact) mass is 347 g/mol. The van der Waals surface area contributed by atoms with E-state index in [1.165, 1.54) is 18.9 Å². The Morgan fingerprint density at radius 2 is 1.92 bits per heavy atom. The number of amides is 2. The topological polar surface area (TPSA) is 63.1 Å². The number of carbonyl (C=O) groups excluding carboxylic acids is 1. The predicted molar refractivity (Wildman–Crippen MR) is 87.2 cm³/mol. The number of nitrogens with one attached hydrogen (secondary N) is 1. The molecule has 1 aliphatic carbocycles. The van der Waals surface area contributed by atoms with Crippen molar-refractivity contribution in [1.82, 2.24) is 19.7 Å². The Bertz CT molecular complexity index is 781. The summed E-state index contributed by atoms with van der Waals surface area (Å²) in [5.74, 6) is -0.154. The van der Waals surface area contributed by atoms with Gasteiger partial charge in [-0.25, -0.2) is 13.6 Å². The summed E-state index contributed by atoms with van der Waals surface area (Å²) in [5, 5.41) is 10.8. The second-order valence-electron chi connectivity index (χ2n) is 6.64. The fraction of sp³-hybridized carbons (Fsp3) is 0.471. The van der Waals surface area contributed by atoms with Crippen LogP contribution in [0.15, 0.2) is 24.5 Å². The summed E-state index contributed by atoms with van der Waals surface area (Å²) in [6.45, 7) is 1.13. The van der Waals surface area contributed by atoms with Crippen LogP contribution in [0.5, 0.6) is 0 Å². The lowest BCUT2D eigenvalue weighted by Crippen LogP contribution is -2.41. The van der Waals surface area contributed by atoms with Crippen LogP contribution in [0.25, 0.3) is 0 Å². The molecule has 4 rings (SSSR count). The molecule has 2 heterocycles. The maximum Gasteiger partial charge on any atom is 0.321 e. The van der Waals surface area contributed by atoms with Crippen molar-refractivity contribution < 1.29 is 13.6 Å². The van der Waals surface area contributed by atoms with E-state index in [1.807, 2.05) is 0 Å². The second kappa shape index (κ2) is 6.42. The summed E-state index contributed by atoms with van der Waals surface area (Å²) in [5.41, 5.74) is -0.0120. The number of hydrogen-bond acceptors (Lipinski definition) is 3. The van der Waals surface area contributed by atoms with E-state index in [1.54, 1.807) is 11.2 Å². The molecule has 1 aromatic carbocycles. The lowest BCUT2D eigenvalue weighted by Gasteiger charge is -2.31. The van der Waals surface area contributed by atoms with E-state index in [-0.39, 0.29) is 17.6 Å². The third kappa shape index (κ3) is 3.33. The summed E-state index contributed by atoms with van der Waals surface area (Å²) in [6, 6.07) is 3.27. The molecule has 25 heavy (non-hydrogen) atoms. The zero-order valence-corrected chi connectivity index (χ0v) is 13.7. The van der Waals surface area contributed by atoms with Crippen molar-refractivity contribution in [2.24, 2.45) is 0 Å². The van der Waals surface area contributed by atoms with E-state index in [0.29, 0.717) is 19.1 Å². The Labute approximate surface area is 143 Å². The molecule has 0 radical (unpaired) electrons. The number of likely N-dealkylation sites (tertiary alicyclic amines) is 1. The average Bonchev–Trinajstić information content (AvgIpc) is 3.34. The first-order valence-corrected chi connectivity index (χ1v) is 8.52. The molecular weight excluding hydrogens is 328 g/mol. The summed E-state index contributed by atoms with van der Waals surface area (Å²) >= 11 is 0. The Hall–Kier alpha value is -2.51.